The zero-order chi connectivity index (χ0) is 26.7. The highest BCUT2D eigenvalue weighted by Crippen LogP contribution is 2.40. The number of nitrogens with zero attached hydrogens (tertiary/aromatic N) is 7. The van der Waals surface area contributed by atoms with Gasteiger partial charge >= 0.3 is 6.09 Å². The standard InChI is InChI=1S/C26H27FN10O2/c1-26(7-8-26)33-25(38)39-20-5-4-16(22(20)27)18-10-21(35-34-18)32-24-29-12-17(23-31-14(11-28)13-36(23)24)19-6-9-30-37(19)15-2-3-15/h6,9-10,12-13,15-16,20,22H,2-5,7-8H2,1H3,(H,33,38)(H2,29,32,34,35)/t16-,20-,22-/m0/s1. The fraction of sp³-hybridized carbons (Fsp3) is 0.462. The van der Waals surface area contributed by atoms with E-state index >= 15 is 4.39 Å². The van der Waals surface area contributed by atoms with Crippen LogP contribution in [0.15, 0.2) is 30.7 Å². The lowest BCUT2D eigenvalue weighted by Crippen LogP contribution is -2.38. The number of alkyl halides is 1. The highest BCUT2D eigenvalue weighted by Gasteiger charge is 2.43. The zero-order valence-electron chi connectivity index (χ0n) is 21.3. The summed E-state index contributed by atoms with van der Waals surface area (Å²) < 4.78 is 24.4. The van der Waals surface area contributed by atoms with Crippen molar-refractivity contribution < 1.29 is 13.9 Å². The molecular formula is C26H27FN10O2. The van der Waals surface area contributed by atoms with Crippen LogP contribution in [0, 0.1) is 11.3 Å². The summed E-state index contributed by atoms with van der Waals surface area (Å²) in [6.07, 6.45) is 7.31. The molecule has 0 aliphatic heterocycles. The fourth-order valence-electron chi connectivity index (χ4n) is 5.25. The van der Waals surface area contributed by atoms with Gasteiger partial charge in [0.1, 0.15) is 18.3 Å². The Bertz CT molecular complexity index is 1610. The molecule has 3 N–H and O–H groups in total. The molecular weight excluding hydrogens is 503 g/mol. The molecule has 3 saturated carbocycles. The minimum atomic E-state index is -1.34. The Morgan fingerprint density at radius 3 is 2.92 bits per heavy atom. The maximum Gasteiger partial charge on any atom is 0.407 e. The molecule has 3 fully saturated rings. The highest BCUT2D eigenvalue weighted by atomic mass is 19.1. The molecule has 3 aliphatic rings. The molecule has 1 amide bonds. The summed E-state index contributed by atoms with van der Waals surface area (Å²) >= 11 is 0. The van der Waals surface area contributed by atoms with Gasteiger partial charge in [0, 0.05) is 35.6 Å². The third-order valence-electron chi connectivity index (χ3n) is 7.85. The van der Waals surface area contributed by atoms with E-state index in [9.17, 15) is 10.1 Å². The average Bonchev–Trinajstić information content (AvgIpc) is 3.59. The van der Waals surface area contributed by atoms with Crippen molar-refractivity contribution in [2.75, 3.05) is 5.32 Å². The van der Waals surface area contributed by atoms with Gasteiger partial charge in [-0.2, -0.15) is 15.5 Å². The number of rotatable bonds is 7. The Balaban J connectivity index is 1.10. The van der Waals surface area contributed by atoms with Crippen molar-refractivity contribution in [3.63, 3.8) is 0 Å². The maximum absolute atomic E-state index is 15.3. The predicted molar refractivity (Wildman–Crippen MR) is 137 cm³/mol. The molecule has 0 saturated heterocycles. The number of H-pyrrole nitrogens is 1. The van der Waals surface area contributed by atoms with Crippen LogP contribution in [-0.4, -0.2) is 58.3 Å². The van der Waals surface area contributed by atoms with E-state index in [-0.39, 0.29) is 11.2 Å². The van der Waals surface area contributed by atoms with Crippen LogP contribution < -0.4 is 10.6 Å². The van der Waals surface area contributed by atoms with Gasteiger partial charge in [0.2, 0.25) is 5.95 Å². The zero-order valence-corrected chi connectivity index (χ0v) is 21.3. The molecule has 12 nitrogen and oxygen atoms in total. The first kappa shape index (κ1) is 23.6. The first-order valence-corrected chi connectivity index (χ1v) is 13.2. The minimum absolute atomic E-state index is 0.218. The van der Waals surface area contributed by atoms with Crippen LogP contribution in [0.25, 0.3) is 16.9 Å². The van der Waals surface area contributed by atoms with Crippen LogP contribution >= 0.6 is 0 Å². The van der Waals surface area contributed by atoms with Crippen LogP contribution in [-0.2, 0) is 4.74 Å². The summed E-state index contributed by atoms with van der Waals surface area (Å²) in [7, 11) is 0. The first-order valence-electron chi connectivity index (χ1n) is 13.2. The van der Waals surface area contributed by atoms with Crippen molar-refractivity contribution in [3.05, 3.63) is 42.1 Å². The van der Waals surface area contributed by atoms with E-state index in [1.54, 1.807) is 29.1 Å². The molecule has 0 radical (unpaired) electrons. The van der Waals surface area contributed by atoms with Gasteiger partial charge in [-0.15, -0.1) is 0 Å². The number of carbonyl (C=O) groups is 1. The minimum Gasteiger partial charge on any atom is -0.443 e. The number of nitrogens with one attached hydrogen (secondary N) is 3. The van der Waals surface area contributed by atoms with Gasteiger partial charge in [-0.05, 0) is 51.5 Å². The summed E-state index contributed by atoms with van der Waals surface area (Å²) in [6.45, 7) is 1.95. The second-order valence-electron chi connectivity index (χ2n) is 10.9. The lowest BCUT2D eigenvalue weighted by Gasteiger charge is -2.19. The van der Waals surface area contributed by atoms with Crippen LogP contribution in [0.3, 0.4) is 0 Å². The molecule has 4 heterocycles. The number of aromatic amines is 1. The fourth-order valence-corrected chi connectivity index (χ4v) is 5.25. The average molecular weight is 531 g/mol. The molecule has 4 aromatic rings. The quantitative estimate of drug-likeness (QED) is 0.323. The number of imidazole rings is 1. The molecule has 3 atom stereocenters. The summed E-state index contributed by atoms with van der Waals surface area (Å²) in [5.41, 5.74) is 2.88. The van der Waals surface area contributed by atoms with E-state index in [1.165, 1.54) is 0 Å². The summed E-state index contributed by atoms with van der Waals surface area (Å²) in [5, 5.41) is 27.2. The van der Waals surface area contributed by atoms with E-state index in [0.29, 0.717) is 42.0 Å². The number of amides is 1. The number of hydrogen-bond acceptors (Lipinski definition) is 8. The monoisotopic (exact) mass is 530 g/mol. The van der Waals surface area contributed by atoms with Gasteiger partial charge in [0.05, 0.1) is 23.5 Å². The first-order chi connectivity index (χ1) is 18.9. The third kappa shape index (κ3) is 4.35. The lowest BCUT2D eigenvalue weighted by molar-refractivity contribution is 0.0546. The van der Waals surface area contributed by atoms with Crippen molar-refractivity contribution in [1.82, 2.24) is 39.7 Å². The van der Waals surface area contributed by atoms with Gasteiger partial charge in [-0.3, -0.25) is 14.2 Å². The Morgan fingerprint density at radius 1 is 1.31 bits per heavy atom. The van der Waals surface area contributed by atoms with Gasteiger partial charge in [-0.25, -0.2) is 19.2 Å². The number of fused-ring (bicyclic) bond motifs is 1. The maximum atomic E-state index is 15.3. The number of carbonyl (C=O) groups excluding carboxylic acids is 1. The van der Waals surface area contributed by atoms with Gasteiger partial charge in [0.25, 0.3) is 0 Å². The number of nitriles is 1. The molecule has 200 valence electrons. The van der Waals surface area contributed by atoms with Crippen molar-refractivity contribution in [3.8, 4) is 17.3 Å². The molecule has 4 aromatic heterocycles. The molecule has 13 heteroatoms. The molecule has 7 rings (SSSR count). The molecule has 3 aliphatic carbocycles. The molecule has 0 bridgehead atoms. The second-order valence-corrected chi connectivity index (χ2v) is 10.9. The van der Waals surface area contributed by atoms with Crippen LogP contribution in [0.4, 0.5) is 21.0 Å². The number of hydrogen-bond donors (Lipinski definition) is 3. The Kier molecular flexibility index (Phi) is 5.33. The van der Waals surface area contributed by atoms with Crippen molar-refractivity contribution in [2.24, 2.45) is 0 Å². The number of anilines is 2. The van der Waals surface area contributed by atoms with Crippen LogP contribution in [0.2, 0.25) is 0 Å². The van der Waals surface area contributed by atoms with Gasteiger partial charge in [-0.1, -0.05) is 0 Å². The highest BCUT2D eigenvalue weighted by molar-refractivity contribution is 5.77. The normalized spacial score (nSPS) is 23.5. The number of ether oxygens (including phenoxy) is 1. The topological polar surface area (TPSA) is 151 Å². The summed E-state index contributed by atoms with van der Waals surface area (Å²) in [6, 6.07) is 6.12. The SMILES string of the molecule is CC1(NC(=O)O[C@H]2CC[C@@H](c3cc(Nc4ncc(-c5ccnn5C5CC5)c5nc(C#N)cn45)n[nH]3)[C@@H]2F)CC1. The van der Waals surface area contributed by atoms with E-state index in [0.717, 1.165) is 36.9 Å². The van der Waals surface area contributed by atoms with Crippen molar-refractivity contribution >= 4 is 23.5 Å². The van der Waals surface area contributed by atoms with Crippen molar-refractivity contribution in [1.29, 1.82) is 5.26 Å². The summed E-state index contributed by atoms with van der Waals surface area (Å²) in [5.74, 6) is 0.379. The predicted octanol–water partition coefficient (Wildman–Crippen LogP) is 4.13. The molecule has 39 heavy (non-hydrogen) atoms. The van der Waals surface area contributed by atoms with E-state index < -0.39 is 24.3 Å². The van der Waals surface area contributed by atoms with Gasteiger partial charge in [0.15, 0.2) is 17.2 Å². The molecule has 0 spiro atoms. The molecule has 0 aromatic carbocycles. The van der Waals surface area contributed by atoms with E-state index in [2.05, 4.69) is 42.0 Å². The van der Waals surface area contributed by atoms with Crippen LogP contribution in [0.1, 0.15) is 68.8 Å². The Morgan fingerprint density at radius 2 is 2.15 bits per heavy atom. The number of alkyl carbamates (subject to hydrolysis) is 1. The lowest BCUT2D eigenvalue weighted by atomic mass is 10.0. The Hall–Kier alpha value is -4.47. The van der Waals surface area contributed by atoms with Gasteiger partial charge < -0.3 is 15.4 Å². The number of halogens is 1. The van der Waals surface area contributed by atoms with Crippen LogP contribution in [0.5, 0.6) is 0 Å². The van der Waals surface area contributed by atoms with E-state index in [1.807, 2.05) is 17.7 Å². The molecule has 0 unspecified atom stereocenters. The van der Waals surface area contributed by atoms with E-state index in [4.69, 9.17) is 4.74 Å². The number of aromatic nitrogens is 7. The Labute approximate surface area is 222 Å². The smallest absolute Gasteiger partial charge is 0.407 e. The summed E-state index contributed by atoms with van der Waals surface area (Å²) in [4.78, 5) is 21.3. The van der Waals surface area contributed by atoms with Crippen molar-refractivity contribution in [2.45, 2.75) is 75.2 Å². The third-order valence-corrected chi connectivity index (χ3v) is 7.85. The second kappa shape index (κ2) is 8.79. The largest absolute Gasteiger partial charge is 0.443 e.